The van der Waals surface area contributed by atoms with E-state index in [1.54, 1.807) is 19.1 Å². The molecule has 25 heavy (non-hydrogen) atoms. The number of thioether (sulfide) groups is 1. The maximum atomic E-state index is 12.5. The van der Waals surface area contributed by atoms with Crippen LogP contribution in [0.15, 0.2) is 22.5 Å². The molecule has 0 spiro atoms. The average molecular weight is 421 g/mol. The number of aromatic nitrogens is 2. The van der Waals surface area contributed by atoms with E-state index in [0.29, 0.717) is 25.7 Å². The standard InChI is InChI=1S/C14H17ClN4O3S3/c1-8-5-6-10(15)7-11(8)19(25(4,21)22)9(2)12(20)16-13-17-18-14(23-3)24-13/h5-7,9H,1-4H3,(H,16,17,20). The van der Waals surface area contributed by atoms with Gasteiger partial charge in [-0.25, -0.2) is 8.42 Å². The molecule has 1 unspecified atom stereocenters. The summed E-state index contributed by atoms with van der Waals surface area (Å²) in [7, 11) is -3.72. The summed E-state index contributed by atoms with van der Waals surface area (Å²) in [5.74, 6) is -0.506. The number of hydrogen-bond acceptors (Lipinski definition) is 7. The number of nitrogens with one attached hydrogen (secondary N) is 1. The third kappa shape index (κ3) is 4.84. The Bertz CT molecular complexity index is 885. The van der Waals surface area contributed by atoms with Crippen molar-refractivity contribution in [2.24, 2.45) is 0 Å². The zero-order valence-electron chi connectivity index (χ0n) is 14.0. The highest BCUT2D eigenvalue weighted by molar-refractivity contribution is 8.00. The van der Waals surface area contributed by atoms with Crippen LogP contribution in [0, 0.1) is 6.92 Å². The predicted octanol–water partition coefficient (Wildman–Crippen LogP) is 3.02. The first-order valence-electron chi connectivity index (χ1n) is 7.07. The van der Waals surface area contributed by atoms with Crippen molar-refractivity contribution in [2.75, 3.05) is 22.1 Å². The molecule has 1 aromatic carbocycles. The quantitative estimate of drug-likeness (QED) is 0.570. The first-order chi connectivity index (χ1) is 11.6. The first kappa shape index (κ1) is 20.0. The molecule has 0 aliphatic rings. The number of hydrogen-bond donors (Lipinski definition) is 1. The lowest BCUT2D eigenvalue weighted by molar-refractivity contribution is -0.116. The molecule has 1 N–H and O–H groups in total. The fourth-order valence-corrected chi connectivity index (χ4v) is 4.72. The Hall–Kier alpha value is -1.36. The van der Waals surface area contributed by atoms with Crippen LogP contribution >= 0.6 is 34.7 Å². The summed E-state index contributed by atoms with van der Waals surface area (Å²) < 4.78 is 26.4. The van der Waals surface area contributed by atoms with Crippen LogP contribution in [0.5, 0.6) is 0 Å². The molecule has 0 fully saturated rings. The van der Waals surface area contributed by atoms with Crippen molar-refractivity contribution >= 4 is 61.4 Å². The summed E-state index contributed by atoms with van der Waals surface area (Å²) >= 11 is 8.63. The fraction of sp³-hybridized carbons (Fsp3) is 0.357. The summed E-state index contributed by atoms with van der Waals surface area (Å²) in [6.45, 7) is 3.26. The average Bonchev–Trinajstić information content (AvgIpc) is 2.97. The number of halogens is 1. The normalized spacial score (nSPS) is 12.7. The Labute approximate surface area is 159 Å². The Kier molecular flexibility index (Phi) is 6.30. The SMILES string of the molecule is CSc1nnc(NC(=O)C(C)N(c2cc(Cl)ccc2C)S(C)(=O)=O)s1. The number of nitrogens with zero attached hydrogens (tertiary/aromatic N) is 3. The maximum absolute atomic E-state index is 12.5. The molecule has 0 radical (unpaired) electrons. The van der Waals surface area contributed by atoms with Gasteiger partial charge in [-0.1, -0.05) is 40.8 Å². The van der Waals surface area contributed by atoms with Crippen molar-refractivity contribution in [1.29, 1.82) is 0 Å². The summed E-state index contributed by atoms with van der Waals surface area (Å²) in [5.41, 5.74) is 1.05. The van der Waals surface area contributed by atoms with Gasteiger partial charge in [0.25, 0.3) is 0 Å². The molecule has 2 aromatic rings. The third-order valence-corrected chi connectivity index (χ3v) is 6.59. The Balaban J connectivity index is 2.34. The molecule has 0 aliphatic heterocycles. The van der Waals surface area contributed by atoms with Crippen molar-refractivity contribution in [3.8, 4) is 0 Å². The summed E-state index contributed by atoms with van der Waals surface area (Å²) in [5, 5.41) is 11.1. The molecule has 0 saturated heterocycles. The van der Waals surface area contributed by atoms with E-state index in [1.165, 1.54) is 36.1 Å². The lowest BCUT2D eigenvalue weighted by atomic mass is 10.2. The number of sulfonamides is 1. The largest absolute Gasteiger partial charge is 0.299 e. The molecule has 2 rings (SSSR count). The lowest BCUT2D eigenvalue weighted by Crippen LogP contribution is -2.45. The van der Waals surface area contributed by atoms with Crippen LogP contribution in [0.2, 0.25) is 5.02 Å². The minimum atomic E-state index is -3.72. The van der Waals surface area contributed by atoms with Crippen molar-refractivity contribution in [2.45, 2.75) is 24.2 Å². The van der Waals surface area contributed by atoms with Crippen molar-refractivity contribution in [1.82, 2.24) is 10.2 Å². The van der Waals surface area contributed by atoms with Gasteiger partial charge in [0.05, 0.1) is 11.9 Å². The van der Waals surface area contributed by atoms with Crippen molar-refractivity contribution in [3.63, 3.8) is 0 Å². The molecule has 1 heterocycles. The van der Waals surface area contributed by atoms with Gasteiger partial charge >= 0.3 is 0 Å². The summed E-state index contributed by atoms with van der Waals surface area (Å²) in [6.07, 6.45) is 2.90. The van der Waals surface area contributed by atoms with Gasteiger partial charge in [0.15, 0.2) is 4.34 Å². The monoisotopic (exact) mass is 420 g/mol. The molecular formula is C14H17ClN4O3S3. The van der Waals surface area contributed by atoms with E-state index < -0.39 is 22.0 Å². The van der Waals surface area contributed by atoms with Gasteiger partial charge < -0.3 is 0 Å². The number of benzene rings is 1. The van der Waals surface area contributed by atoms with Crippen molar-refractivity contribution < 1.29 is 13.2 Å². The molecule has 136 valence electrons. The van der Waals surface area contributed by atoms with E-state index in [2.05, 4.69) is 15.5 Å². The smallest absolute Gasteiger partial charge is 0.249 e. The van der Waals surface area contributed by atoms with Crippen molar-refractivity contribution in [3.05, 3.63) is 28.8 Å². The zero-order valence-corrected chi connectivity index (χ0v) is 17.2. The maximum Gasteiger partial charge on any atom is 0.249 e. The molecule has 11 heteroatoms. The number of aryl methyl sites for hydroxylation is 1. The summed E-state index contributed by atoms with van der Waals surface area (Å²) in [6, 6.07) is 3.90. The molecule has 0 saturated carbocycles. The molecule has 1 atom stereocenters. The molecule has 1 aromatic heterocycles. The van der Waals surface area contributed by atoms with Gasteiger partial charge in [-0.3, -0.25) is 14.4 Å². The second-order valence-corrected chi connectivity index (χ2v) is 9.56. The highest BCUT2D eigenvalue weighted by Crippen LogP contribution is 2.29. The Morgan fingerprint density at radius 1 is 1.40 bits per heavy atom. The van der Waals surface area contributed by atoms with E-state index in [-0.39, 0.29) is 0 Å². The third-order valence-electron chi connectivity index (χ3n) is 3.31. The molecule has 0 bridgehead atoms. The Morgan fingerprint density at radius 2 is 2.08 bits per heavy atom. The van der Waals surface area contributed by atoms with Crippen LogP contribution in [0.4, 0.5) is 10.8 Å². The highest BCUT2D eigenvalue weighted by Gasteiger charge is 2.30. The van der Waals surface area contributed by atoms with Crippen LogP contribution in [-0.4, -0.2) is 43.1 Å². The molecular weight excluding hydrogens is 404 g/mol. The van der Waals surface area contributed by atoms with Crippen LogP contribution in [0.3, 0.4) is 0 Å². The van der Waals surface area contributed by atoms with Crippen LogP contribution in [0.1, 0.15) is 12.5 Å². The summed E-state index contributed by atoms with van der Waals surface area (Å²) in [4.78, 5) is 12.5. The fourth-order valence-electron chi connectivity index (χ4n) is 2.15. The highest BCUT2D eigenvalue weighted by atomic mass is 35.5. The van der Waals surface area contributed by atoms with Gasteiger partial charge in [0.1, 0.15) is 6.04 Å². The number of anilines is 2. The van der Waals surface area contributed by atoms with E-state index in [1.807, 2.05) is 6.26 Å². The molecule has 7 nitrogen and oxygen atoms in total. The van der Waals surface area contributed by atoms with Gasteiger partial charge in [-0.15, -0.1) is 10.2 Å². The number of carbonyl (C=O) groups is 1. The Morgan fingerprint density at radius 3 is 2.64 bits per heavy atom. The second kappa shape index (κ2) is 7.90. The van der Waals surface area contributed by atoms with E-state index >= 15 is 0 Å². The minimum Gasteiger partial charge on any atom is -0.299 e. The number of rotatable bonds is 6. The zero-order chi connectivity index (χ0) is 18.8. The molecule has 0 aliphatic carbocycles. The number of carbonyl (C=O) groups excluding carboxylic acids is 1. The van der Waals surface area contributed by atoms with Gasteiger partial charge in [0.2, 0.25) is 21.1 Å². The lowest BCUT2D eigenvalue weighted by Gasteiger charge is -2.29. The predicted molar refractivity (Wildman–Crippen MR) is 103 cm³/mol. The minimum absolute atomic E-state index is 0.317. The van der Waals surface area contributed by atoms with Gasteiger partial charge in [0, 0.05) is 5.02 Å². The van der Waals surface area contributed by atoms with Gasteiger partial charge in [-0.2, -0.15) is 0 Å². The second-order valence-electron chi connectivity index (χ2n) is 5.23. The van der Waals surface area contributed by atoms with E-state index in [4.69, 9.17) is 11.6 Å². The van der Waals surface area contributed by atoms with Crippen LogP contribution in [-0.2, 0) is 14.8 Å². The topological polar surface area (TPSA) is 92.3 Å². The van der Waals surface area contributed by atoms with Crippen LogP contribution in [0.25, 0.3) is 0 Å². The van der Waals surface area contributed by atoms with Crippen LogP contribution < -0.4 is 9.62 Å². The van der Waals surface area contributed by atoms with Gasteiger partial charge in [-0.05, 0) is 37.8 Å². The first-order valence-corrected chi connectivity index (χ1v) is 11.3. The van der Waals surface area contributed by atoms with E-state index in [9.17, 15) is 13.2 Å². The molecule has 1 amide bonds. The van der Waals surface area contributed by atoms with E-state index in [0.717, 1.165) is 10.6 Å². The number of amides is 1.